The first kappa shape index (κ1) is 23.6. The molecule has 180 valence electrons. The summed E-state index contributed by atoms with van der Waals surface area (Å²) in [6, 6.07) is 10.9. The second-order valence-electron chi connectivity index (χ2n) is 8.42. The van der Waals surface area contributed by atoms with Crippen LogP contribution >= 0.6 is 0 Å². The summed E-state index contributed by atoms with van der Waals surface area (Å²) in [5.41, 5.74) is 3.81. The molecule has 0 bridgehead atoms. The van der Waals surface area contributed by atoms with Gasteiger partial charge in [0.2, 0.25) is 5.91 Å². The van der Waals surface area contributed by atoms with Crippen molar-refractivity contribution in [2.45, 2.75) is 19.3 Å². The lowest BCUT2D eigenvalue weighted by Gasteiger charge is -2.35. The lowest BCUT2D eigenvalue weighted by Crippen LogP contribution is -2.49. The van der Waals surface area contributed by atoms with Crippen LogP contribution in [0, 0.1) is 0 Å². The Kier molecular flexibility index (Phi) is 7.32. The summed E-state index contributed by atoms with van der Waals surface area (Å²) in [5.74, 6) is 1.23. The lowest BCUT2D eigenvalue weighted by atomic mass is 10.00. The van der Waals surface area contributed by atoms with Gasteiger partial charge in [0.1, 0.15) is 0 Å². The number of nitrogens with one attached hydrogen (secondary N) is 1. The summed E-state index contributed by atoms with van der Waals surface area (Å²) in [4.78, 5) is 28.7. The number of methoxy groups -OCH3 is 2. The molecule has 2 heterocycles. The molecule has 2 N–H and O–H groups in total. The fourth-order valence-corrected chi connectivity index (χ4v) is 4.41. The molecule has 0 spiro atoms. The molecular weight excluding hydrogens is 436 g/mol. The highest BCUT2D eigenvalue weighted by Crippen LogP contribution is 2.28. The van der Waals surface area contributed by atoms with Gasteiger partial charge in [-0.05, 0) is 48.4 Å². The molecule has 2 amide bonds. The van der Waals surface area contributed by atoms with E-state index in [1.54, 1.807) is 32.4 Å². The number of carbonyl (C=O) groups is 2. The van der Waals surface area contributed by atoms with Gasteiger partial charge in [-0.2, -0.15) is 0 Å². The maximum atomic E-state index is 13.0. The van der Waals surface area contributed by atoms with E-state index < -0.39 is 0 Å². The van der Waals surface area contributed by atoms with Crippen LogP contribution in [-0.2, 0) is 11.2 Å². The van der Waals surface area contributed by atoms with Gasteiger partial charge in [-0.25, -0.2) is 0 Å². The monoisotopic (exact) mass is 466 g/mol. The Morgan fingerprint density at radius 1 is 1.00 bits per heavy atom. The van der Waals surface area contributed by atoms with E-state index in [0.717, 1.165) is 29.9 Å². The normalized spacial score (nSPS) is 16.6. The number of ether oxygens (including phenoxy) is 2. The zero-order valence-electron chi connectivity index (χ0n) is 19.5. The number of anilines is 1. The van der Waals surface area contributed by atoms with Crippen molar-refractivity contribution in [1.29, 1.82) is 0 Å². The molecule has 4 rings (SSSR count). The van der Waals surface area contributed by atoms with Gasteiger partial charge in [0.25, 0.3) is 5.91 Å². The van der Waals surface area contributed by atoms with Crippen molar-refractivity contribution in [3.63, 3.8) is 0 Å². The van der Waals surface area contributed by atoms with Crippen LogP contribution in [-0.4, -0.2) is 79.5 Å². The van der Waals surface area contributed by atoms with Crippen molar-refractivity contribution in [1.82, 2.24) is 9.80 Å². The average molecular weight is 467 g/mol. The van der Waals surface area contributed by atoms with Crippen molar-refractivity contribution in [3.05, 3.63) is 53.1 Å². The molecule has 2 aromatic carbocycles. The van der Waals surface area contributed by atoms with Gasteiger partial charge in [-0.1, -0.05) is 5.16 Å². The number of fused-ring (bicyclic) bond motifs is 1. The third-order valence-electron chi connectivity index (χ3n) is 6.41. The summed E-state index contributed by atoms with van der Waals surface area (Å²) in [6.07, 6.45) is 1.67. The first-order valence-electron chi connectivity index (χ1n) is 11.4. The van der Waals surface area contributed by atoms with Gasteiger partial charge in [-0.3, -0.25) is 14.5 Å². The number of nitrogens with zero attached hydrogens (tertiary/aromatic N) is 3. The third kappa shape index (κ3) is 5.14. The number of amides is 2. The molecule has 0 atom stereocenters. The van der Waals surface area contributed by atoms with E-state index in [4.69, 9.17) is 9.47 Å². The maximum absolute atomic E-state index is 13.0. The predicted molar refractivity (Wildman–Crippen MR) is 128 cm³/mol. The quantitative estimate of drug-likeness (QED) is 0.369. The Morgan fingerprint density at radius 3 is 2.44 bits per heavy atom. The molecule has 9 heteroatoms. The number of benzene rings is 2. The predicted octanol–water partition coefficient (Wildman–Crippen LogP) is 2.61. The first-order chi connectivity index (χ1) is 16.5. The minimum Gasteiger partial charge on any atom is -0.493 e. The molecule has 0 aromatic heterocycles. The zero-order chi connectivity index (χ0) is 24.1. The fraction of sp³-hybridized carbons (Fsp3) is 0.400. The molecule has 0 saturated carbocycles. The number of aryl methyl sites for hydroxylation is 1. The number of hydrogen-bond acceptors (Lipinski definition) is 7. The summed E-state index contributed by atoms with van der Waals surface area (Å²) >= 11 is 0. The Labute approximate surface area is 198 Å². The van der Waals surface area contributed by atoms with Crippen LogP contribution in [0.2, 0.25) is 0 Å². The average Bonchev–Trinajstić information content (AvgIpc) is 2.88. The Hall–Kier alpha value is -3.59. The number of rotatable bonds is 7. The molecule has 0 unspecified atom stereocenters. The van der Waals surface area contributed by atoms with E-state index in [9.17, 15) is 14.8 Å². The molecule has 9 nitrogen and oxygen atoms in total. The molecular formula is C25H30N4O5. The van der Waals surface area contributed by atoms with Crippen LogP contribution < -0.4 is 14.8 Å². The maximum Gasteiger partial charge on any atom is 0.253 e. The highest BCUT2D eigenvalue weighted by molar-refractivity contribution is 6.01. The van der Waals surface area contributed by atoms with E-state index in [0.29, 0.717) is 61.7 Å². The SMILES string of the molecule is COc1ccc(C(CCN2CCN(C(=O)c3ccc4c(c3)CCC(=O)N4)CC2)=NO)cc1OC. The van der Waals surface area contributed by atoms with Crippen molar-refractivity contribution in [3.8, 4) is 11.5 Å². The van der Waals surface area contributed by atoms with Crippen LogP contribution in [0.1, 0.15) is 34.3 Å². The smallest absolute Gasteiger partial charge is 0.253 e. The number of carbonyl (C=O) groups excluding carboxylic acids is 2. The molecule has 2 aliphatic heterocycles. The van der Waals surface area contributed by atoms with Gasteiger partial charge in [0.05, 0.1) is 19.9 Å². The summed E-state index contributed by atoms with van der Waals surface area (Å²) < 4.78 is 10.6. The third-order valence-corrected chi connectivity index (χ3v) is 6.41. The lowest BCUT2D eigenvalue weighted by molar-refractivity contribution is -0.116. The van der Waals surface area contributed by atoms with Gasteiger partial charge < -0.3 is 24.9 Å². The van der Waals surface area contributed by atoms with E-state index in [2.05, 4.69) is 15.4 Å². The largest absolute Gasteiger partial charge is 0.493 e. The fourth-order valence-electron chi connectivity index (χ4n) is 4.41. The van der Waals surface area contributed by atoms with Gasteiger partial charge in [-0.15, -0.1) is 0 Å². The molecule has 2 aromatic rings. The van der Waals surface area contributed by atoms with Crippen molar-refractivity contribution < 1.29 is 24.3 Å². The minimum atomic E-state index is 0.0160. The number of hydrogen-bond donors (Lipinski definition) is 2. The minimum absolute atomic E-state index is 0.0160. The van der Waals surface area contributed by atoms with Crippen LogP contribution in [0.25, 0.3) is 0 Å². The van der Waals surface area contributed by atoms with Crippen molar-refractivity contribution in [2.24, 2.45) is 5.16 Å². The second-order valence-corrected chi connectivity index (χ2v) is 8.42. The zero-order valence-corrected chi connectivity index (χ0v) is 19.5. The molecule has 1 fully saturated rings. The molecule has 0 radical (unpaired) electrons. The van der Waals surface area contributed by atoms with Gasteiger partial charge in [0.15, 0.2) is 11.5 Å². The summed E-state index contributed by atoms with van der Waals surface area (Å²) in [6.45, 7) is 3.48. The topological polar surface area (TPSA) is 104 Å². The molecule has 0 aliphatic carbocycles. The number of oxime groups is 1. The summed E-state index contributed by atoms with van der Waals surface area (Å²) in [5, 5.41) is 15.9. The Morgan fingerprint density at radius 2 is 1.74 bits per heavy atom. The van der Waals surface area contributed by atoms with Crippen LogP contribution in [0.15, 0.2) is 41.6 Å². The van der Waals surface area contributed by atoms with Crippen LogP contribution in [0.4, 0.5) is 5.69 Å². The van der Waals surface area contributed by atoms with E-state index in [1.165, 1.54) is 0 Å². The Bertz CT molecular complexity index is 1090. The molecule has 2 aliphatic rings. The highest BCUT2D eigenvalue weighted by atomic mass is 16.5. The van der Waals surface area contributed by atoms with Crippen molar-refractivity contribution in [2.75, 3.05) is 52.3 Å². The van der Waals surface area contributed by atoms with E-state index in [1.807, 2.05) is 23.1 Å². The van der Waals surface area contributed by atoms with Gasteiger partial charge >= 0.3 is 0 Å². The molecule has 1 saturated heterocycles. The van der Waals surface area contributed by atoms with Crippen LogP contribution in [0.3, 0.4) is 0 Å². The van der Waals surface area contributed by atoms with Crippen LogP contribution in [0.5, 0.6) is 11.5 Å². The van der Waals surface area contributed by atoms with E-state index >= 15 is 0 Å². The summed E-state index contributed by atoms with van der Waals surface area (Å²) in [7, 11) is 3.15. The second kappa shape index (κ2) is 10.6. The highest BCUT2D eigenvalue weighted by Gasteiger charge is 2.24. The molecule has 34 heavy (non-hydrogen) atoms. The first-order valence-corrected chi connectivity index (χ1v) is 11.4. The Balaban J connectivity index is 1.31. The van der Waals surface area contributed by atoms with Crippen molar-refractivity contribution >= 4 is 23.2 Å². The van der Waals surface area contributed by atoms with E-state index in [-0.39, 0.29) is 11.8 Å². The number of piperazine rings is 1. The standard InChI is InChI=1S/C25H30N4O5/c1-33-22-7-4-18(16-23(22)34-2)21(27-32)9-10-28-11-13-29(14-12-28)25(31)19-3-6-20-17(15-19)5-8-24(30)26-20/h3-4,6-7,15-16,32H,5,8-14H2,1-2H3,(H,26,30). The van der Waals surface area contributed by atoms with Gasteiger partial charge in [0, 0.05) is 62.4 Å².